The number of carbonyl (C=O) groups is 3. The van der Waals surface area contributed by atoms with Crippen molar-refractivity contribution in [1.29, 1.82) is 0 Å². The van der Waals surface area contributed by atoms with Crippen LogP contribution in [0.15, 0.2) is 84.4 Å². The second-order valence-corrected chi connectivity index (χ2v) is 8.30. The number of ether oxygens (including phenoxy) is 2. The smallest absolute Gasteiger partial charge is 0.337 e. The van der Waals surface area contributed by atoms with Crippen LogP contribution in [0.25, 0.3) is 5.76 Å². The number of Topliss-reactive ketones (excluding diaryl/α,β-unsaturated/α-hetero) is 1. The van der Waals surface area contributed by atoms with Gasteiger partial charge in [-0.25, -0.2) is 4.79 Å². The zero-order valence-corrected chi connectivity index (χ0v) is 20.1. The molecule has 0 aliphatic carbocycles. The van der Waals surface area contributed by atoms with Gasteiger partial charge in [0.2, 0.25) is 0 Å². The number of esters is 1. The molecule has 1 atom stereocenters. The molecule has 7 heteroatoms. The molecule has 3 aromatic carbocycles. The zero-order chi connectivity index (χ0) is 25.7. The summed E-state index contributed by atoms with van der Waals surface area (Å²) in [5.41, 5.74) is 2.36. The normalized spacial score (nSPS) is 16.7. The van der Waals surface area contributed by atoms with E-state index in [1.165, 1.54) is 12.0 Å². The van der Waals surface area contributed by atoms with Gasteiger partial charge in [0.25, 0.3) is 11.7 Å². The summed E-state index contributed by atoms with van der Waals surface area (Å²) in [5, 5.41) is 11.2. The number of hydrogen-bond acceptors (Lipinski definition) is 6. The van der Waals surface area contributed by atoms with E-state index < -0.39 is 23.7 Å². The lowest BCUT2D eigenvalue weighted by atomic mass is 9.94. The van der Waals surface area contributed by atoms with E-state index in [9.17, 15) is 19.5 Å². The fourth-order valence-corrected chi connectivity index (χ4v) is 4.30. The quantitative estimate of drug-likeness (QED) is 0.218. The van der Waals surface area contributed by atoms with Crippen molar-refractivity contribution in [3.63, 3.8) is 0 Å². The van der Waals surface area contributed by atoms with Gasteiger partial charge in [-0.15, -0.1) is 0 Å². The Morgan fingerprint density at radius 3 is 2.17 bits per heavy atom. The lowest BCUT2D eigenvalue weighted by Crippen LogP contribution is -2.31. The third-order valence-electron chi connectivity index (χ3n) is 6.11. The number of ketones is 1. The Kier molecular flexibility index (Phi) is 7.49. The maximum atomic E-state index is 13.2. The van der Waals surface area contributed by atoms with Crippen molar-refractivity contribution in [1.82, 2.24) is 4.90 Å². The Labute approximate surface area is 209 Å². The number of carbonyl (C=O) groups excluding carboxylic acids is 3. The summed E-state index contributed by atoms with van der Waals surface area (Å²) in [4.78, 5) is 39.7. The molecule has 1 unspecified atom stereocenters. The highest BCUT2D eigenvalue weighted by molar-refractivity contribution is 6.46. The van der Waals surface area contributed by atoms with Gasteiger partial charge in [0.05, 0.1) is 30.9 Å². The van der Waals surface area contributed by atoms with Gasteiger partial charge >= 0.3 is 5.97 Å². The summed E-state index contributed by atoms with van der Waals surface area (Å²) in [5.74, 6) is -1.56. The second-order valence-electron chi connectivity index (χ2n) is 8.30. The van der Waals surface area contributed by atoms with Gasteiger partial charge in [-0.2, -0.15) is 0 Å². The van der Waals surface area contributed by atoms with Crippen LogP contribution in [-0.4, -0.2) is 47.9 Å². The second kappa shape index (κ2) is 10.9. The molecule has 0 bridgehead atoms. The molecule has 1 heterocycles. The van der Waals surface area contributed by atoms with Crippen molar-refractivity contribution < 1.29 is 29.0 Å². The lowest BCUT2D eigenvalue weighted by molar-refractivity contribution is -0.139. The van der Waals surface area contributed by atoms with Gasteiger partial charge in [0.15, 0.2) is 0 Å². The monoisotopic (exact) mass is 485 g/mol. The third kappa shape index (κ3) is 5.00. The number of nitrogens with zero attached hydrogens (tertiary/aromatic N) is 1. The number of aliphatic hydroxyl groups excluding tert-OH is 1. The molecule has 36 heavy (non-hydrogen) atoms. The first-order chi connectivity index (χ1) is 17.4. The van der Waals surface area contributed by atoms with E-state index in [1.54, 1.807) is 48.5 Å². The van der Waals surface area contributed by atoms with Crippen molar-refractivity contribution in [2.75, 3.05) is 20.3 Å². The molecular weight excluding hydrogens is 458 g/mol. The molecule has 4 rings (SSSR count). The highest BCUT2D eigenvalue weighted by atomic mass is 16.5. The number of likely N-dealkylation sites (tertiary alicyclic amines) is 1. The minimum Gasteiger partial charge on any atom is -0.507 e. The predicted molar refractivity (Wildman–Crippen MR) is 135 cm³/mol. The first kappa shape index (κ1) is 24.7. The van der Waals surface area contributed by atoms with Gasteiger partial charge in [-0.3, -0.25) is 9.59 Å². The minimum atomic E-state index is -0.813. The summed E-state index contributed by atoms with van der Waals surface area (Å²) in [6, 6.07) is 22.0. The van der Waals surface area contributed by atoms with E-state index in [-0.39, 0.29) is 17.9 Å². The van der Waals surface area contributed by atoms with Crippen LogP contribution in [0.3, 0.4) is 0 Å². The molecule has 0 spiro atoms. The average Bonchev–Trinajstić information content (AvgIpc) is 3.17. The van der Waals surface area contributed by atoms with E-state index in [2.05, 4.69) is 0 Å². The summed E-state index contributed by atoms with van der Waals surface area (Å²) in [7, 11) is 1.30. The van der Waals surface area contributed by atoms with Crippen molar-refractivity contribution >= 4 is 23.4 Å². The highest BCUT2D eigenvalue weighted by Crippen LogP contribution is 2.39. The maximum absolute atomic E-state index is 13.2. The molecule has 7 nitrogen and oxygen atoms in total. The number of rotatable bonds is 8. The van der Waals surface area contributed by atoms with E-state index >= 15 is 0 Å². The Morgan fingerprint density at radius 2 is 1.56 bits per heavy atom. The van der Waals surface area contributed by atoms with Gasteiger partial charge < -0.3 is 19.5 Å². The van der Waals surface area contributed by atoms with E-state index in [0.29, 0.717) is 35.5 Å². The maximum Gasteiger partial charge on any atom is 0.337 e. The Hall–Kier alpha value is -4.39. The van der Waals surface area contributed by atoms with Crippen LogP contribution in [0, 0.1) is 0 Å². The van der Waals surface area contributed by atoms with E-state index in [4.69, 9.17) is 9.47 Å². The standard InChI is InChI=1S/C29H27NO6/c1-3-36-23-15-13-21(14-16-23)26(31)24-25(20-9-11-22(12-10-20)29(34)35-2)30(28(33)27(24)32)18-17-19-7-5-4-6-8-19/h4-16,25,31H,3,17-18H2,1-2H3/b26-24+. The molecule has 1 N–H and O–H groups in total. The molecule has 0 radical (unpaired) electrons. The van der Waals surface area contributed by atoms with Gasteiger partial charge in [0, 0.05) is 12.1 Å². The van der Waals surface area contributed by atoms with Crippen LogP contribution in [-0.2, 0) is 20.7 Å². The van der Waals surface area contributed by atoms with E-state index in [0.717, 1.165) is 5.56 Å². The first-order valence-electron chi connectivity index (χ1n) is 11.7. The molecule has 1 aliphatic heterocycles. The van der Waals surface area contributed by atoms with Crippen LogP contribution in [0.2, 0.25) is 0 Å². The van der Waals surface area contributed by atoms with Crippen molar-refractivity contribution in [3.8, 4) is 5.75 Å². The predicted octanol–water partition coefficient (Wildman–Crippen LogP) is 4.54. The topological polar surface area (TPSA) is 93.1 Å². The molecule has 1 fully saturated rings. The van der Waals surface area contributed by atoms with Crippen LogP contribution in [0.4, 0.5) is 0 Å². The molecule has 1 amide bonds. The van der Waals surface area contributed by atoms with Crippen molar-refractivity contribution in [2.24, 2.45) is 0 Å². The summed E-state index contributed by atoms with van der Waals surface area (Å²) in [6.45, 7) is 2.65. The Morgan fingerprint density at radius 1 is 0.917 bits per heavy atom. The summed E-state index contributed by atoms with van der Waals surface area (Å²) in [6.07, 6.45) is 0.535. The third-order valence-corrected chi connectivity index (χ3v) is 6.11. The van der Waals surface area contributed by atoms with Crippen LogP contribution in [0.5, 0.6) is 5.75 Å². The fourth-order valence-electron chi connectivity index (χ4n) is 4.30. The van der Waals surface area contributed by atoms with Crippen LogP contribution >= 0.6 is 0 Å². The number of methoxy groups -OCH3 is 1. The van der Waals surface area contributed by atoms with Gasteiger partial charge in [0.1, 0.15) is 11.5 Å². The number of amides is 1. The van der Waals surface area contributed by atoms with Crippen molar-refractivity contribution in [3.05, 3.63) is 107 Å². The molecule has 3 aromatic rings. The first-order valence-corrected chi connectivity index (χ1v) is 11.7. The van der Waals surface area contributed by atoms with E-state index in [1.807, 2.05) is 37.3 Å². The van der Waals surface area contributed by atoms with Crippen LogP contribution < -0.4 is 4.74 Å². The average molecular weight is 486 g/mol. The van der Waals surface area contributed by atoms with Gasteiger partial charge in [-0.05, 0) is 60.9 Å². The molecule has 1 aliphatic rings. The molecule has 0 saturated carbocycles. The highest BCUT2D eigenvalue weighted by Gasteiger charge is 2.45. The molecular formula is C29H27NO6. The molecule has 184 valence electrons. The molecule has 0 aromatic heterocycles. The minimum absolute atomic E-state index is 0.00281. The SMILES string of the molecule is CCOc1ccc(/C(O)=C2\C(=O)C(=O)N(CCc3ccccc3)C2c2ccc(C(=O)OC)cc2)cc1. The fraction of sp³-hybridized carbons (Fsp3) is 0.207. The van der Waals surface area contributed by atoms with Crippen molar-refractivity contribution in [2.45, 2.75) is 19.4 Å². The Bertz CT molecular complexity index is 1280. The zero-order valence-electron chi connectivity index (χ0n) is 20.1. The number of benzene rings is 3. The van der Waals surface area contributed by atoms with Crippen LogP contribution in [0.1, 0.15) is 40.0 Å². The molecule has 1 saturated heterocycles. The Balaban J connectivity index is 1.76. The lowest BCUT2D eigenvalue weighted by Gasteiger charge is -2.25. The summed E-state index contributed by atoms with van der Waals surface area (Å²) >= 11 is 0. The van der Waals surface area contributed by atoms with Gasteiger partial charge in [-0.1, -0.05) is 42.5 Å². The summed E-state index contributed by atoms with van der Waals surface area (Å²) < 4.78 is 10.2. The number of aliphatic hydroxyl groups is 1. The largest absolute Gasteiger partial charge is 0.507 e. The number of hydrogen-bond donors (Lipinski definition) is 1.